The molecule has 0 radical (unpaired) electrons. The number of benzene rings is 1. The number of fused-ring (bicyclic) bond motifs is 2. The highest BCUT2D eigenvalue weighted by Crippen LogP contribution is 2.32. The molecule has 2 saturated heterocycles. The lowest BCUT2D eigenvalue weighted by Crippen LogP contribution is -2.47. The van der Waals surface area contributed by atoms with E-state index in [2.05, 4.69) is 4.90 Å². The number of halogens is 2. The van der Waals surface area contributed by atoms with Gasteiger partial charge in [0.1, 0.15) is 11.6 Å². The third-order valence-electron chi connectivity index (χ3n) is 3.99. The predicted octanol–water partition coefficient (Wildman–Crippen LogP) is 1.90. The van der Waals surface area contributed by atoms with Crippen molar-refractivity contribution in [3.8, 4) is 0 Å². The Morgan fingerprint density at radius 2 is 2.11 bits per heavy atom. The van der Waals surface area contributed by atoms with E-state index in [9.17, 15) is 13.6 Å². The van der Waals surface area contributed by atoms with E-state index in [-0.39, 0.29) is 12.1 Å². The van der Waals surface area contributed by atoms with Crippen molar-refractivity contribution < 1.29 is 18.7 Å². The van der Waals surface area contributed by atoms with Gasteiger partial charge in [-0.3, -0.25) is 4.90 Å². The van der Waals surface area contributed by atoms with Crippen LogP contribution in [0.3, 0.4) is 0 Å². The number of carboxylic acid groups (broad SMARTS) is 1. The fourth-order valence-electron chi connectivity index (χ4n) is 3.05. The third-order valence-corrected chi connectivity index (χ3v) is 3.99. The van der Waals surface area contributed by atoms with Gasteiger partial charge in [0, 0.05) is 43.3 Å². The van der Waals surface area contributed by atoms with Crippen LogP contribution in [0.2, 0.25) is 0 Å². The summed E-state index contributed by atoms with van der Waals surface area (Å²) in [7, 11) is 0. The highest BCUT2D eigenvalue weighted by Gasteiger charge is 2.45. The van der Waals surface area contributed by atoms with Gasteiger partial charge in [-0.2, -0.15) is 0 Å². The van der Waals surface area contributed by atoms with Gasteiger partial charge >= 0.3 is 6.09 Å². The van der Waals surface area contributed by atoms with E-state index in [1.54, 1.807) is 0 Å². The Morgan fingerprint density at radius 1 is 1.32 bits per heavy atom. The first kappa shape index (κ1) is 12.3. The van der Waals surface area contributed by atoms with E-state index in [1.807, 2.05) is 0 Å². The highest BCUT2D eigenvalue weighted by atomic mass is 19.1. The molecule has 1 N–H and O–H groups in total. The molecular weight excluding hydrogens is 254 g/mol. The van der Waals surface area contributed by atoms with Crippen molar-refractivity contribution in [2.24, 2.45) is 0 Å². The van der Waals surface area contributed by atoms with E-state index in [4.69, 9.17) is 5.11 Å². The van der Waals surface area contributed by atoms with Crippen LogP contribution in [0.5, 0.6) is 0 Å². The number of piperazine rings is 1. The van der Waals surface area contributed by atoms with Crippen molar-refractivity contribution in [2.45, 2.75) is 25.0 Å². The molecule has 1 aromatic carbocycles. The topological polar surface area (TPSA) is 43.8 Å². The van der Waals surface area contributed by atoms with Crippen molar-refractivity contribution in [1.29, 1.82) is 0 Å². The first-order valence-electron chi connectivity index (χ1n) is 6.22. The maximum atomic E-state index is 13.6. The molecule has 2 fully saturated rings. The van der Waals surface area contributed by atoms with Gasteiger partial charge in [0.15, 0.2) is 0 Å². The summed E-state index contributed by atoms with van der Waals surface area (Å²) >= 11 is 0. The molecule has 6 heteroatoms. The van der Waals surface area contributed by atoms with Crippen molar-refractivity contribution in [3.05, 3.63) is 35.4 Å². The van der Waals surface area contributed by atoms with Crippen LogP contribution in [0.4, 0.5) is 13.6 Å². The number of amides is 1. The molecule has 2 aliphatic rings. The summed E-state index contributed by atoms with van der Waals surface area (Å²) in [5.41, 5.74) is 0.454. The number of likely N-dealkylation sites (tertiary alicyclic amines) is 2. The molecule has 2 atom stereocenters. The van der Waals surface area contributed by atoms with E-state index in [0.29, 0.717) is 25.2 Å². The average molecular weight is 268 g/mol. The monoisotopic (exact) mass is 268 g/mol. The van der Waals surface area contributed by atoms with Crippen LogP contribution in [0.1, 0.15) is 12.0 Å². The second-order valence-electron chi connectivity index (χ2n) is 5.14. The molecule has 0 saturated carbocycles. The molecular formula is C13H14F2N2O2. The molecule has 102 valence electrons. The summed E-state index contributed by atoms with van der Waals surface area (Å²) in [5.74, 6) is -1.13. The van der Waals surface area contributed by atoms with Gasteiger partial charge in [-0.15, -0.1) is 0 Å². The molecule has 2 aliphatic heterocycles. The molecule has 19 heavy (non-hydrogen) atoms. The summed E-state index contributed by atoms with van der Waals surface area (Å²) in [4.78, 5) is 14.5. The molecule has 2 heterocycles. The second-order valence-corrected chi connectivity index (χ2v) is 5.14. The summed E-state index contributed by atoms with van der Waals surface area (Å²) in [5, 5.41) is 8.99. The molecule has 0 aliphatic carbocycles. The minimum atomic E-state index is -0.889. The van der Waals surface area contributed by atoms with Crippen LogP contribution >= 0.6 is 0 Å². The number of hydrogen-bond donors (Lipinski definition) is 1. The minimum absolute atomic E-state index is 0.00556. The van der Waals surface area contributed by atoms with Crippen molar-refractivity contribution in [1.82, 2.24) is 9.80 Å². The molecule has 2 bridgehead atoms. The smallest absolute Gasteiger partial charge is 0.407 e. The van der Waals surface area contributed by atoms with Crippen LogP contribution in [-0.2, 0) is 6.54 Å². The van der Waals surface area contributed by atoms with Crippen LogP contribution in [0, 0.1) is 11.6 Å². The van der Waals surface area contributed by atoms with E-state index >= 15 is 0 Å². The molecule has 0 aromatic heterocycles. The molecule has 1 aromatic rings. The van der Waals surface area contributed by atoms with Gasteiger partial charge in [0.25, 0.3) is 0 Å². The number of carbonyl (C=O) groups is 1. The van der Waals surface area contributed by atoms with Gasteiger partial charge in [-0.1, -0.05) is 6.07 Å². The van der Waals surface area contributed by atoms with Crippen LogP contribution < -0.4 is 0 Å². The van der Waals surface area contributed by atoms with Crippen molar-refractivity contribution in [3.63, 3.8) is 0 Å². The lowest BCUT2D eigenvalue weighted by molar-refractivity contribution is 0.0998. The molecule has 4 nitrogen and oxygen atoms in total. The van der Waals surface area contributed by atoms with Crippen molar-refractivity contribution in [2.75, 3.05) is 13.1 Å². The quantitative estimate of drug-likeness (QED) is 0.891. The Balaban J connectivity index is 1.69. The number of rotatable bonds is 2. The molecule has 0 spiro atoms. The number of hydrogen-bond acceptors (Lipinski definition) is 2. The van der Waals surface area contributed by atoms with Gasteiger partial charge in [0.05, 0.1) is 0 Å². The zero-order valence-corrected chi connectivity index (χ0v) is 10.2. The highest BCUT2D eigenvalue weighted by molar-refractivity contribution is 5.66. The Hall–Kier alpha value is -1.69. The maximum Gasteiger partial charge on any atom is 0.407 e. The van der Waals surface area contributed by atoms with Crippen LogP contribution in [0.15, 0.2) is 18.2 Å². The van der Waals surface area contributed by atoms with Gasteiger partial charge in [-0.25, -0.2) is 13.6 Å². The number of nitrogens with zero attached hydrogens (tertiary/aromatic N) is 2. The minimum Gasteiger partial charge on any atom is -0.465 e. The molecule has 0 unspecified atom stereocenters. The zero-order valence-electron chi connectivity index (χ0n) is 10.2. The third kappa shape index (κ3) is 2.16. The normalized spacial score (nSPS) is 26.1. The second kappa shape index (κ2) is 4.45. The summed E-state index contributed by atoms with van der Waals surface area (Å²) in [6, 6.07) is 3.73. The largest absolute Gasteiger partial charge is 0.465 e. The van der Waals surface area contributed by atoms with E-state index in [1.165, 1.54) is 17.0 Å². The lowest BCUT2D eigenvalue weighted by atomic mass is 10.1. The standard InChI is InChI=1S/C13H14F2N2O2/c14-9-2-1-8(12(15)3-9)5-16-6-11-4-10(16)7-17(11)13(18)19/h1-3,10-11H,4-7H2,(H,18,19)/t10-,11-/m0/s1. The summed E-state index contributed by atoms with van der Waals surface area (Å²) < 4.78 is 26.4. The maximum absolute atomic E-state index is 13.6. The van der Waals surface area contributed by atoms with Crippen LogP contribution in [-0.4, -0.2) is 46.2 Å². The fraction of sp³-hybridized carbons (Fsp3) is 0.462. The van der Waals surface area contributed by atoms with Gasteiger partial charge < -0.3 is 10.0 Å². The fourth-order valence-corrected chi connectivity index (χ4v) is 3.05. The first-order valence-corrected chi connectivity index (χ1v) is 6.22. The zero-order chi connectivity index (χ0) is 13.6. The predicted molar refractivity (Wildman–Crippen MR) is 63.7 cm³/mol. The van der Waals surface area contributed by atoms with Crippen LogP contribution in [0.25, 0.3) is 0 Å². The Morgan fingerprint density at radius 3 is 2.68 bits per heavy atom. The Kier molecular flexibility index (Phi) is 2.89. The molecule has 3 rings (SSSR count). The van der Waals surface area contributed by atoms with Crippen molar-refractivity contribution >= 4 is 6.09 Å². The van der Waals surface area contributed by atoms with Gasteiger partial charge in [-0.05, 0) is 12.5 Å². The Labute approximate surface area is 109 Å². The summed E-state index contributed by atoms with van der Waals surface area (Å²) in [6.07, 6.45) is -0.0881. The Bertz CT molecular complexity index is 523. The molecule has 1 amide bonds. The summed E-state index contributed by atoms with van der Waals surface area (Å²) in [6.45, 7) is 1.50. The average Bonchev–Trinajstić information content (AvgIpc) is 2.92. The van der Waals surface area contributed by atoms with E-state index in [0.717, 1.165) is 12.5 Å². The SMILES string of the molecule is O=C(O)N1C[C@@H]2C[C@H]1CN2Cc1ccc(F)cc1F. The first-order chi connectivity index (χ1) is 9.04. The van der Waals surface area contributed by atoms with E-state index < -0.39 is 17.7 Å². The van der Waals surface area contributed by atoms with Gasteiger partial charge in [0.2, 0.25) is 0 Å². The lowest BCUT2D eigenvalue weighted by Gasteiger charge is -2.32.